The zero-order valence-corrected chi connectivity index (χ0v) is 16.8. The lowest BCUT2D eigenvalue weighted by Crippen LogP contribution is -2.13. The molecule has 4 rings (SSSR count). The minimum Gasteiger partial charge on any atom is -0.397 e. The molecule has 144 valence electrons. The number of nitrogen functional groups attached to an aromatic ring is 1. The average molecular weight is 399 g/mol. The van der Waals surface area contributed by atoms with Crippen LogP contribution in [0.4, 0.5) is 11.4 Å². The number of carbonyl (C=O) groups is 1. The standard InChI is InChI=1S/C25H22N2OS/c26-23-7-3-4-8-24(23)27-25(28)21-13-9-18(10-14-21)16-29-17-19-11-12-20-5-1-2-6-22(20)15-19/h1-15H,16-17,26H2,(H,27,28). The fourth-order valence-corrected chi connectivity index (χ4v) is 4.12. The number of benzene rings is 4. The van der Waals surface area contributed by atoms with Crippen LogP contribution >= 0.6 is 11.8 Å². The van der Waals surface area contributed by atoms with Gasteiger partial charge in [0.15, 0.2) is 0 Å². The van der Waals surface area contributed by atoms with Crippen LogP contribution in [0.1, 0.15) is 21.5 Å². The van der Waals surface area contributed by atoms with E-state index >= 15 is 0 Å². The van der Waals surface area contributed by atoms with Gasteiger partial charge in [0.25, 0.3) is 5.91 Å². The molecule has 4 aromatic rings. The van der Waals surface area contributed by atoms with E-state index in [1.54, 1.807) is 12.1 Å². The number of carbonyl (C=O) groups excluding carboxylic acids is 1. The van der Waals surface area contributed by atoms with Gasteiger partial charge < -0.3 is 11.1 Å². The SMILES string of the molecule is Nc1ccccc1NC(=O)c1ccc(CSCc2ccc3ccccc3c2)cc1. The molecule has 0 aliphatic heterocycles. The predicted molar refractivity (Wildman–Crippen MR) is 124 cm³/mol. The smallest absolute Gasteiger partial charge is 0.255 e. The molecular formula is C25H22N2OS. The lowest BCUT2D eigenvalue weighted by atomic mass is 10.1. The van der Waals surface area contributed by atoms with Crippen molar-refractivity contribution in [1.29, 1.82) is 0 Å². The van der Waals surface area contributed by atoms with Crippen LogP contribution in [0.2, 0.25) is 0 Å². The van der Waals surface area contributed by atoms with Gasteiger partial charge in [0.1, 0.15) is 0 Å². The Balaban J connectivity index is 1.33. The molecule has 0 saturated carbocycles. The second-order valence-electron chi connectivity index (χ2n) is 6.91. The van der Waals surface area contributed by atoms with Gasteiger partial charge in [-0.1, -0.05) is 66.7 Å². The van der Waals surface area contributed by atoms with Crippen LogP contribution in [-0.2, 0) is 11.5 Å². The van der Waals surface area contributed by atoms with Gasteiger partial charge in [-0.25, -0.2) is 0 Å². The van der Waals surface area contributed by atoms with Crippen molar-refractivity contribution in [2.45, 2.75) is 11.5 Å². The van der Waals surface area contributed by atoms with E-state index in [-0.39, 0.29) is 5.91 Å². The first-order valence-corrected chi connectivity index (χ1v) is 10.6. The van der Waals surface area contributed by atoms with E-state index in [0.29, 0.717) is 16.9 Å². The van der Waals surface area contributed by atoms with E-state index in [0.717, 1.165) is 11.5 Å². The molecule has 0 saturated heterocycles. The average Bonchev–Trinajstić information content (AvgIpc) is 2.76. The number of fused-ring (bicyclic) bond motifs is 1. The molecule has 0 aliphatic rings. The summed E-state index contributed by atoms with van der Waals surface area (Å²) in [6.07, 6.45) is 0. The molecule has 29 heavy (non-hydrogen) atoms. The van der Waals surface area contributed by atoms with Crippen LogP contribution in [0.15, 0.2) is 91.0 Å². The molecule has 0 unspecified atom stereocenters. The zero-order chi connectivity index (χ0) is 20.1. The molecular weight excluding hydrogens is 376 g/mol. The summed E-state index contributed by atoms with van der Waals surface area (Å²) in [6, 6.07) is 30.0. The van der Waals surface area contributed by atoms with Gasteiger partial charge >= 0.3 is 0 Å². The van der Waals surface area contributed by atoms with E-state index in [1.807, 2.05) is 48.2 Å². The van der Waals surface area contributed by atoms with Crippen LogP contribution < -0.4 is 11.1 Å². The molecule has 4 heteroatoms. The van der Waals surface area contributed by atoms with Gasteiger partial charge in [-0.05, 0) is 46.2 Å². The highest BCUT2D eigenvalue weighted by atomic mass is 32.2. The van der Waals surface area contributed by atoms with Crippen molar-refractivity contribution in [2.24, 2.45) is 0 Å². The number of anilines is 2. The van der Waals surface area contributed by atoms with E-state index in [4.69, 9.17) is 5.73 Å². The molecule has 0 radical (unpaired) electrons. The molecule has 0 atom stereocenters. The summed E-state index contributed by atoms with van der Waals surface area (Å²) in [5.74, 6) is 1.71. The maximum Gasteiger partial charge on any atom is 0.255 e. The van der Waals surface area contributed by atoms with Crippen molar-refractivity contribution in [3.8, 4) is 0 Å². The molecule has 0 bridgehead atoms. The molecule has 0 heterocycles. The van der Waals surface area contributed by atoms with Crippen molar-refractivity contribution in [2.75, 3.05) is 11.1 Å². The molecule has 3 nitrogen and oxygen atoms in total. The first kappa shape index (κ1) is 19.1. The van der Waals surface area contributed by atoms with Gasteiger partial charge in [-0.2, -0.15) is 11.8 Å². The Morgan fingerprint density at radius 1 is 0.759 bits per heavy atom. The Morgan fingerprint density at radius 2 is 1.41 bits per heavy atom. The number of hydrogen-bond acceptors (Lipinski definition) is 3. The van der Waals surface area contributed by atoms with Gasteiger partial charge in [0.05, 0.1) is 11.4 Å². The molecule has 3 N–H and O–H groups in total. The summed E-state index contributed by atoms with van der Waals surface area (Å²) in [4.78, 5) is 12.4. The normalized spacial score (nSPS) is 10.8. The minimum atomic E-state index is -0.154. The van der Waals surface area contributed by atoms with Crippen LogP contribution in [-0.4, -0.2) is 5.91 Å². The summed E-state index contributed by atoms with van der Waals surface area (Å²) in [5.41, 5.74) is 10.2. The molecule has 4 aromatic carbocycles. The molecule has 1 amide bonds. The Morgan fingerprint density at radius 3 is 2.21 bits per heavy atom. The third kappa shape index (κ3) is 4.79. The number of nitrogens with two attached hydrogens (primary N) is 1. The topological polar surface area (TPSA) is 55.1 Å². The van der Waals surface area contributed by atoms with E-state index in [9.17, 15) is 4.79 Å². The van der Waals surface area contributed by atoms with Crippen LogP contribution in [0.5, 0.6) is 0 Å². The summed E-state index contributed by atoms with van der Waals surface area (Å²) in [6.45, 7) is 0. The van der Waals surface area contributed by atoms with Crippen molar-refractivity contribution >= 4 is 39.8 Å². The number of amides is 1. The largest absolute Gasteiger partial charge is 0.397 e. The van der Waals surface area contributed by atoms with Gasteiger partial charge in [0.2, 0.25) is 0 Å². The summed E-state index contributed by atoms with van der Waals surface area (Å²) >= 11 is 1.87. The van der Waals surface area contributed by atoms with Crippen LogP contribution in [0.25, 0.3) is 10.8 Å². The summed E-state index contributed by atoms with van der Waals surface area (Å²) < 4.78 is 0. The first-order chi connectivity index (χ1) is 14.2. The van der Waals surface area contributed by atoms with Gasteiger partial charge in [-0.15, -0.1) is 0 Å². The van der Waals surface area contributed by atoms with Crippen LogP contribution in [0.3, 0.4) is 0 Å². The molecule has 0 aromatic heterocycles. The maximum atomic E-state index is 12.4. The first-order valence-electron chi connectivity index (χ1n) is 9.49. The summed E-state index contributed by atoms with van der Waals surface area (Å²) in [7, 11) is 0. The maximum absolute atomic E-state index is 12.4. The number of rotatable bonds is 6. The van der Waals surface area contributed by atoms with Crippen molar-refractivity contribution in [3.05, 3.63) is 108 Å². The molecule has 0 aliphatic carbocycles. The highest BCUT2D eigenvalue weighted by Crippen LogP contribution is 2.22. The number of hydrogen-bond donors (Lipinski definition) is 2. The summed E-state index contributed by atoms with van der Waals surface area (Å²) in [5, 5.41) is 5.40. The van der Waals surface area contributed by atoms with Crippen molar-refractivity contribution in [1.82, 2.24) is 0 Å². The molecule has 0 spiro atoms. The monoisotopic (exact) mass is 398 g/mol. The quantitative estimate of drug-likeness (QED) is 0.385. The number of thioether (sulfide) groups is 1. The Labute approximate surface area is 174 Å². The third-order valence-corrected chi connectivity index (χ3v) is 5.85. The fraction of sp³-hybridized carbons (Fsp3) is 0.0800. The van der Waals surface area contributed by atoms with Crippen LogP contribution in [0, 0.1) is 0 Å². The third-order valence-electron chi connectivity index (χ3n) is 4.78. The van der Waals surface area contributed by atoms with E-state index in [2.05, 4.69) is 47.8 Å². The minimum absolute atomic E-state index is 0.154. The second-order valence-corrected chi connectivity index (χ2v) is 7.90. The molecule has 0 fully saturated rings. The van der Waals surface area contributed by atoms with E-state index < -0.39 is 0 Å². The Hall–Kier alpha value is -3.24. The zero-order valence-electron chi connectivity index (χ0n) is 16.0. The Bertz CT molecular complexity index is 1140. The highest BCUT2D eigenvalue weighted by Gasteiger charge is 2.08. The second kappa shape index (κ2) is 8.84. The highest BCUT2D eigenvalue weighted by molar-refractivity contribution is 7.97. The van der Waals surface area contributed by atoms with E-state index in [1.165, 1.54) is 21.9 Å². The number of nitrogens with one attached hydrogen (secondary N) is 1. The van der Waals surface area contributed by atoms with Crippen molar-refractivity contribution < 1.29 is 4.79 Å². The fourth-order valence-electron chi connectivity index (χ4n) is 3.17. The van der Waals surface area contributed by atoms with Crippen molar-refractivity contribution in [3.63, 3.8) is 0 Å². The lowest BCUT2D eigenvalue weighted by molar-refractivity contribution is 0.102. The lowest BCUT2D eigenvalue weighted by Gasteiger charge is -2.08. The van der Waals surface area contributed by atoms with Gasteiger partial charge in [-0.3, -0.25) is 4.79 Å². The number of para-hydroxylation sites is 2. The predicted octanol–water partition coefficient (Wildman–Crippen LogP) is 6.11. The Kier molecular flexibility index (Phi) is 5.82. The van der Waals surface area contributed by atoms with Gasteiger partial charge in [0, 0.05) is 17.1 Å².